The van der Waals surface area contributed by atoms with Crippen molar-refractivity contribution in [2.24, 2.45) is 0 Å². The molecule has 3 rings (SSSR count). The van der Waals surface area contributed by atoms with E-state index in [-0.39, 0.29) is 11.7 Å². The second-order valence-electron chi connectivity index (χ2n) is 5.22. The van der Waals surface area contributed by atoms with Gasteiger partial charge in [0.05, 0.1) is 18.8 Å². The van der Waals surface area contributed by atoms with Gasteiger partial charge in [0, 0.05) is 19.5 Å². The zero-order valence-electron chi connectivity index (χ0n) is 11.7. The molecule has 0 bridgehead atoms. The number of nitrogens with zero attached hydrogens (tertiary/aromatic N) is 3. The molecule has 2 aromatic rings. The lowest BCUT2D eigenvalue weighted by Gasteiger charge is -2.10. The van der Waals surface area contributed by atoms with Crippen LogP contribution in [-0.2, 0) is 19.5 Å². The van der Waals surface area contributed by atoms with Crippen molar-refractivity contribution < 1.29 is 4.42 Å². The molecular weight excluding hydrogens is 256 g/mol. The summed E-state index contributed by atoms with van der Waals surface area (Å²) in [6.07, 6.45) is 4.79. The molecule has 0 amide bonds. The SMILES string of the molecule is CC(NCCn1nc2n(c1=O)CCCC2)c1ccco1. The fourth-order valence-electron chi connectivity index (χ4n) is 2.62. The Bertz CT molecular complexity index is 612. The Morgan fingerprint density at radius 1 is 1.50 bits per heavy atom. The zero-order chi connectivity index (χ0) is 13.9. The molecule has 20 heavy (non-hydrogen) atoms. The van der Waals surface area contributed by atoms with E-state index in [1.165, 1.54) is 0 Å². The van der Waals surface area contributed by atoms with Crippen LogP contribution in [0.25, 0.3) is 0 Å². The van der Waals surface area contributed by atoms with Crippen LogP contribution < -0.4 is 11.0 Å². The van der Waals surface area contributed by atoms with Crippen molar-refractivity contribution in [3.05, 3.63) is 40.5 Å². The highest BCUT2D eigenvalue weighted by atomic mass is 16.3. The van der Waals surface area contributed by atoms with Gasteiger partial charge in [-0.2, -0.15) is 5.10 Å². The molecule has 0 aromatic carbocycles. The fourth-order valence-corrected chi connectivity index (χ4v) is 2.62. The predicted molar refractivity (Wildman–Crippen MR) is 74.6 cm³/mol. The molecular formula is C14H20N4O2. The second-order valence-corrected chi connectivity index (χ2v) is 5.22. The van der Waals surface area contributed by atoms with Crippen molar-refractivity contribution in [1.29, 1.82) is 0 Å². The number of fused-ring (bicyclic) bond motifs is 1. The van der Waals surface area contributed by atoms with Crippen molar-refractivity contribution in [3.8, 4) is 0 Å². The van der Waals surface area contributed by atoms with Gasteiger partial charge in [-0.1, -0.05) is 0 Å². The minimum absolute atomic E-state index is 0.0205. The number of hydrogen-bond acceptors (Lipinski definition) is 4. The minimum atomic E-state index is 0.0205. The number of furan rings is 1. The number of hydrogen-bond donors (Lipinski definition) is 1. The van der Waals surface area contributed by atoms with Gasteiger partial charge in [-0.15, -0.1) is 0 Å². The van der Waals surface area contributed by atoms with Gasteiger partial charge in [-0.25, -0.2) is 9.48 Å². The smallest absolute Gasteiger partial charge is 0.345 e. The van der Waals surface area contributed by atoms with Crippen LogP contribution in [-0.4, -0.2) is 20.9 Å². The van der Waals surface area contributed by atoms with E-state index in [2.05, 4.69) is 10.4 Å². The normalized spacial score (nSPS) is 16.1. The molecule has 0 saturated heterocycles. The zero-order valence-corrected chi connectivity index (χ0v) is 11.7. The van der Waals surface area contributed by atoms with Crippen molar-refractivity contribution in [1.82, 2.24) is 19.7 Å². The molecule has 6 heteroatoms. The largest absolute Gasteiger partial charge is 0.468 e. The molecule has 0 aliphatic carbocycles. The monoisotopic (exact) mass is 276 g/mol. The molecule has 108 valence electrons. The molecule has 1 atom stereocenters. The van der Waals surface area contributed by atoms with Gasteiger partial charge in [-0.05, 0) is 31.9 Å². The van der Waals surface area contributed by atoms with Crippen LogP contribution in [0.2, 0.25) is 0 Å². The Hall–Kier alpha value is -1.82. The van der Waals surface area contributed by atoms with E-state index in [1.807, 2.05) is 19.1 Å². The summed E-state index contributed by atoms with van der Waals surface area (Å²) in [6, 6.07) is 3.96. The first-order chi connectivity index (χ1) is 9.75. The van der Waals surface area contributed by atoms with Crippen LogP contribution in [0.3, 0.4) is 0 Å². The lowest BCUT2D eigenvalue weighted by atomic mass is 10.2. The predicted octanol–water partition coefficient (Wildman–Crippen LogP) is 1.32. The third kappa shape index (κ3) is 2.56. The van der Waals surface area contributed by atoms with Crippen LogP contribution in [0.5, 0.6) is 0 Å². The molecule has 0 saturated carbocycles. The highest BCUT2D eigenvalue weighted by Gasteiger charge is 2.16. The average molecular weight is 276 g/mol. The van der Waals surface area contributed by atoms with Crippen LogP contribution >= 0.6 is 0 Å². The average Bonchev–Trinajstić information content (AvgIpc) is 3.09. The first-order valence-corrected chi connectivity index (χ1v) is 7.19. The Labute approximate surface area is 117 Å². The standard InChI is InChI=1S/C14H20N4O2/c1-11(12-5-4-10-20-12)15-7-9-18-14(19)17-8-3-2-6-13(17)16-18/h4-5,10-11,15H,2-3,6-9H2,1H3. The number of aromatic nitrogens is 3. The summed E-state index contributed by atoms with van der Waals surface area (Å²) >= 11 is 0. The quantitative estimate of drug-likeness (QED) is 0.894. The number of nitrogens with one attached hydrogen (secondary N) is 1. The third-order valence-corrected chi connectivity index (χ3v) is 3.78. The Morgan fingerprint density at radius 2 is 2.40 bits per heavy atom. The highest BCUT2D eigenvalue weighted by molar-refractivity contribution is 5.02. The second kappa shape index (κ2) is 5.66. The van der Waals surface area contributed by atoms with E-state index >= 15 is 0 Å². The van der Waals surface area contributed by atoms with Gasteiger partial charge in [-0.3, -0.25) is 4.57 Å². The first-order valence-electron chi connectivity index (χ1n) is 7.19. The summed E-state index contributed by atoms with van der Waals surface area (Å²) in [7, 11) is 0. The maximum absolute atomic E-state index is 12.1. The first kappa shape index (κ1) is 13.2. The molecule has 0 fully saturated rings. The summed E-state index contributed by atoms with van der Waals surface area (Å²) < 4.78 is 8.71. The van der Waals surface area contributed by atoms with Gasteiger partial charge >= 0.3 is 5.69 Å². The van der Waals surface area contributed by atoms with E-state index in [4.69, 9.17) is 4.42 Å². The molecule has 1 N–H and O–H groups in total. The van der Waals surface area contributed by atoms with Gasteiger partial charge in [0.25, 0.3) is 0 Å². The third-order valence-electron chi connectivity index (χ3n) is 3.78. The van der Waals surface area contributed by atoms with Crippen molar-refractivity contribution >= 4 is 0 Å². The summed E-state index contributed by atoms with van der Waals surface area (Å²) in [4.78, 5) is 12.1. The topological polar surface area (TPSA) is 65.0 Å². The lowest BCUT2D eigenvalue weighted by Crippen LogP contribution is -2.31. The molecule has 3 heterocycles. The van der Waals surface area contributed by atoms with Crippen molar-refractivity contribution in [2.75, 3.05) is 6.54 Å². The number of aryl methyl sites for hydroxylation is 1. The lowest BCUT2D eigenvalue weighted by molar-refractivity contribution is 0.416. The molecule has 2 aromatic heterocycles. The van der Waals surface area contributed by atoms with Crippen LogP contribution in [0.1, 0.15) is 37.4 Å². The highest BCUT2D eigenvalue weighted by Crippen LogP contribution is 2.12. The Morgan fingerprint density at radius 3 is 3.15 bits per heavy atom. The Balaban J connectivity index is 1.59. The molecule has 0 spiro atoms. The molecule has 0 radical (unpaired) electrons. The van der Waals surface area contributed by atoms with E-state index in [9.17, 15) is 4.79 Å². The fraction of sp³-hybridized carbons (Fsp3) is 0.571. The maximum atomic E-state index is 12.1. The van der Waals surface area contributed by atoms with E-state index in [1.54, 1.807) is 15.5 Å². The summed E-state index contributed by atoms with van der Waals surface area (Å²) in [5.41, 5.74) is 0.0205. The van der Waals surface area contributed by atoms with E-state index < -0.39 is 0 Å². The Kier molecular flexibility index (Phi) is 3.73. The molecule has 6 nitrogen and oxygen atoms in total. The van der Waals surface area contributed by atoms with Crippen LogP contribution in [0.15, 0.2) is 27.6 Å². The van der Waals surface area contributed by atoms with E-state index in [0.717, 1.165) is 37.4 Å². The van der Waals surface area contributed by atoms with Crippen LogP contribution in [0.4, 0.5) is 0 Å². The van der Waals surface area contributed by atoms with Crippen molar-refractivity contribution in [3.63, 3.8) is 0 Å². The summed E-state index contributed by atoms with van der Waals surface area (Å²) in [5.74, 6) is 1.84. The summed E-state index contributed by atoms with van der Waals surface area (Å²) in [5, 5.41) is 7.75. The van der Waals surface area contributed by atoms with Crippen molar-refractivity contribution in [2.45, 2.75) is 45.3 Å². The van der Waals surface area contributed by atoms with E-state index in [0.29, 0.717) is 13.1 Å². The van der Waals surface area contributed by atoms with Crippen LogP contribution in [0, 0.1) is 0 Å². The van der Waals surface area contributed by atoms with Gasteiger partial charge in [0.2, 0.25) is 0 Å². The van der Waals surface area contributed by atoms with Gasteiger partial charge in [0.1, 0.15) is 11.6 Å². The molecule has 1 aliphatic rings. The maximum Gasteiger partial charge on any atom is 0.345 e. The number of rotatable bonds is 5. The molecule has 1 aliphatic heterocycles. The van der Waals surface area contributed by atoms with Gasteiger partial charge in [0.15, 0.2) is 0 Å². The van der Waals surface area contributed by atoms with Gasteiger partial charge < -0.3 is 9.73 Å². The summed E-state index contributed by atoms with van der Waals surface area (Å²) in [6.45, 7) is 4.13. The minimum Gasteiger partial charge on any atom is -0.468 e. The molecule has 1 unspecified atom stereocenters.